The Labute approximate surface area is 102 Å². The first-order valence-electron chi connectivity index (χ1n) is 6.36. The second-order valence-corrected chi connectivity index (χ2v) is 5.13. The fourth-order valence-corrected chi connectivity index (χ4v) is 3.22. The smallest absolute Gasteiger partial charge is 0.191 e. The van der Waals surface area contributed by atoms with Crippen molar-refractivity contribution in [1.82, 2.24) is 4.90 Å². The molecular formula is C14H19N3. The third kappa shape index (κ3) is 1.45. The molecule has 3 rings (SSSR count). The molecule has 1 aliphatic carbocycles. The van der Waals surface area contributed by atoms with Crippen molar-refractivity contribution in [3.8, 4) is 0 Å². The first kappa shape index (κ1) is 10.6. The number of aliphatic imine (C=N–C) groups is 1. The van der Waals surface area contributed by atoms with Crippen LogP contribution in [0.25, 0.3) is 0 Å². The third-order valence-corrected chi connectivity index (χ3v) is 4.29. The van der Waals surface area contributed by atoms with Gasteiger partial charge in [0.15, 0.2) is 5.96 Å². The number of aryl methyl sites for hydroxylation is 1. The molecule has 3 nitrogen and oxygen atoms in total. The standard InChI is InChI=1S/C14H19N3/c1-17-13(15)16-10-14(17)9-5-4-7-11-6-2-3-8-12(11)14/h2-3,6,8H,4-5,7,9-10H2,1H3,(H2,15,16). The quantitative estimate of drug-likeness (QED) is 0.738. The van der Waals surface area contributed by atoms with Crippen molar-refractivity contribution in [2.45, 2.75) is 31.2 Å². The molecule has 0 bridgehead atoms. The molecule has 0 saturated heterocycles. The second kappa shape index (κ2) is 3.76. The van der Waals surface area contributed by atoms with Crippen LogP contribution in [0.1, 0.15) is 30.4 Å². The van der Waals surface area contributed by atoms with Crippen LogP contribution in [0.5, 0.6) is 0 Å². The van der Waals surface area contributed by atoms with Crippen LogP contribution in [0.2, 0.25) is 0 Å². The first-order chi connectivity index (χ1) is 8.24. The average molecular weight is 229 g/mol. The van der Waals surface area contributed by atoms with Gasteiger partial charge in [-0.05, 0) is 30.4 Å². The number of hydrogen-bond donors (Lipinski definition) is 1. The maximum atomic E-state index is 5.97. The summed E-state index contributed by atoms with van der Waals surface area (Å²) in [4.78, 5) is 6.63. The highest BCUT2D eigenvalue weighted by atomic mass is 15.3. The van der Waals surface area contributed by atoms with Crippen LogP contribution in [0.3, 0.4) is 0 Å². The van der Waals surface area contributed by atoms with Crippen LogP contribution < -0.4 is 5.73 Å². The second-order valence-electron chi connectivity index (χ2n) is 5.13. The number of benzene rings is 1. The van der Waals surface area contributed by atoms with Crippen LogP contribution in [0.4, 0.5) is 0 Å². The molecule has 0 fully saturated rings. The Morgan fingerprint density at radius 3 is 2.88 bits per heavy atom. The van der Waals surface area contributed by atoms with Crippen LogP contribution >= 0.6 is 0 Å². The number of fused-ring (bicyclic) bond motifs is 2. The molecule has 1 aliphatic heterocycles. The number of nitrogens with two attached hydrogens (primary N) is 1. The van der Waals surface area contributed by atoms with E-state index >= 15 is 0 Å². The molecule has 1 unspecified atom stereocenters. The molecule has 90 valence electrons. The van der Waals surface area contributed by atoms with Crippen molar-refractivity contribution < 1.29 is 0 Å². The molecule has 0 amide bonds. The van der Waals surface area contributed by atoms with Gasteiger partial charge in [-0.3, -0.25) is 4.99 Å². The Kier molecular flexibility index (Phi) is 2.35. The average Bonchev–Trinajstić information content (AvgIpc) is 2.55. The van der Waals surface area contributed by atoms with E-state index in [1.165, 1.54) is 30.4 Å². The fourth-order valence-electron chi connectivity index (χ4n) is 3.22. The lowest BCUT2D eigenvalue weighted by molar-refractivity contribution is 0.219. The number of rotatable bonds is 0. The van der Waals surface area contributed by atoms with Gasteiger partial charge in [0.2, 0.25) is 0 Å². The first-order valence-corrected chi connectivity index (χ1v) is 6.36. The Hall–Kier alpha value is -1.51. The van der Waals surface area contributed by atoms with Crippen LogP contribution in [0, 0.1) is 0 Å². The van der Waals surface area contributed by atoms with E-state index in [2.05, 4.69) is 41.2 Å². The maximum Gasteiger partial charge on any atom is 0.191 e. The third-order valence-electron chi connectivity index (χ3n) is 4.29. The molecule has 17 heavy (non-hydrogen) atoms. The highest BCUT2D eigenvalue weighted by molar-refractivity contribution is 5.81. The molecule has 0 saturated carbocycles. The normalized spacial score (nSPS) is 27.8. The molecule has 1 atom stereocenters. The van der Waals surface area contributed by atoms with Crippen LogP contribution in [-0.4, -0.2) is 24.5 Å². The topological polar surface area (TPSA) is 41.6 Å². The number of guanidine groups is 1. The van der Waals surface area contributed by atoms with E-state index in [4.69, 9.17) is 5.73 Å². The number of nitrogens with zero attached hydrogens (tertiary/aromatic N) is 2. The monoisotopic (exact) mass is 229 g/mol. The van der Waals surface area contributed by atoms with Gasteiger partial charge in [0.25, 0.3) is 0 Å². The summed E-state index contributed by atoms with van der Waals surface area (Å²) in [6, 6.07) is 8.78. The van der Waals surface area contributed by atoms with Gasteiger partial charge in [0.05, 0.1) is 12.1 Å². The highest BCUT2D eigenvalue weighted by Gasteiger charge is 2.43. The maximum absolute atomic E-state index is 5.97. The zero-order chi connectivity index (χ0) is 11.9. The van der Waals surface area contributed by atoms with Crippen molar-refractivity contribution in [1.29, 1.82) is 0 Å². The van der Waals surface area contributed by atoms with Gasteiger partial charge in [-0.25, -0.2) is 0 Å². The van der Waals surface area contributed by atoms with Gasteiger partial charge >= 0.3 is 0 Å². The Balaban J connectivity index is 2.12. The summed E-state index contributed by atoms with van der Waals surface area (Å²) < 4.78 is 0. The van der Waals surface area contributed by atoms with E-state index in [1.54, 1.807) is 0 Å². The molecule has 0 aromatic heterocycles. The van der Waals surface area contributed by atoms with Gasteiger partial charge in [0, 0.05) is 7.05 Å². The Morgan fingerprint density at radius 2 is 2.12 bits per heavy atom. The lowest BCUT2D eigenvalue weighted by Gasteiger charge is -2.37. The predicted molar refractivity (Wildman–Crippen MR) is 69.9 cm³/mol. The van der Waals surface area contributed by atoms with E-state index in [-0.39, 0.29) is 5.54 Å². The van der Waals surface area contributed by atoms with Gasteiger partial charge in [-0.1, -0.05) is 30.7 Å². The molecule has 2 N–H and O–H groups in total. The van der Waals surface area contributed by atoms with E-state index in [9.17, 15) is 0 Å². The summed E-state index contributed by atoms with van der Waals surface area (Å²) in [5, 5.41) is 0. The minimum atomic E-state index is 0.0250. The van der Waals surface area contributed by atoms with E-state index < -0.39 is 0 Å². The predicted octanol–water partition coefficient (Wildman–Crippen LogP) is 1.87. The van der Waals surface area contributed by atoms with E-state index in [0.29, 0.717) is 5.96 Å². The van der Waals surface area contributed by atoms with E-state index in [0.717, 1.165) is 13.0 Å². The summed E-state index contributed by atoms with van der Waals surface area (Å²) >= 11 is 0. The zero-order valence-electron chi connectivity index (χ0n) is 10.3. The van der Waals surface area contributed by atoms with Crippen molar-refractivity contribution in [3.63, 3.8) is 0 Å². The van der Waals surface area contributed by atoms with Gasteiger partial charge in [-0.15, -0.1) is 0 Å². The molecule has 3 heteroatoms. The summed E-state index contributed by atoms with van der Waals surface area (Å²) in [5.41, 5.74) is 8.90. The highest BCUT2D eigenvalue weighted by Crippen LogP contribution is 2.40. The van der Waals surface area contributed by atoms with Crippen molar-refractivity contribution >= 4 is 5.96 Å². The molecule has 1 spiro atoms. The molecular weight excluding hydrogens is 210 g/mol. The molecule has 1 heterocycles. The van der Waals surface area contributed by atoms with Gasteiger partial charge in [-0.2, -0.15) is 0 Å². The lowest BCUT2D eigenvalue weighted by atomic mass is 9.84. The number of likely N-dealkylation sites (N-methyl/N-ethyl adjacent to an activating group) is 1. The van der Waals surface area contributed by atoms with Gasteiger partial charge in [0.1, 0.15) is 0 Å². The minimum absolute atomic E-state index is 0.0250. The fraction of sp³-hybridized carbons (Fsp3) is 0.500. The Morgan fingerprint density at radius 1 is 1.29 bits per heavy atom. The molecule has 1 aromatic carbocycles. The van der Waals surface area contributed by atoms with Crippen molar-refractivity contribution in [2.75, 3.05) is 13.6 Å². The summed E-state index contributed by atoms with van der Waals surface area (Å²) in [6.07, 6.45) is 4.87. The SMILES string of the molecule is CN1C(N)=NCC12CCCCc1ccccc12. The van der Waals surface area contributed by atoms with E-state index in [1.807, 2.05) is 0 Å². The molecule has 0 radical (unpaired) electrons. The zero-order valence-corrected chi connectivity index (χ0v) is 10.3. The van der Waals surface area contributed by atoms with Gasteiger partial charge < -0.3 is 10.6 Å². The minimum Gasteiger partial charge on any atom is -0.370 e. The lowest BCUT2D eigenvalue weighted by Crippen LogP contribution is -2.46. The summed E-state index contributed by atoms with van der Waals surface area (Å²) in [5.74, 6) is 0.682. The number of hydrogen-bond acceptors (Lipinski definition) is 3. The summed E-state index contributed by atoms with van der Waals surface area (Å²) in [6.45, 7) is 0.812. The van der Waals surface area contributed by atoms with Crippen LogP contribution in [-0.2, 0) is 12.0 Å². The molecule has 1 aromatic rings. The van der Waals surface area contributed by atoms with Crippen LogP contribution in [0.15, 0.2) is 29.3 Å². The molecule has 2 aliphatic rings. The van der Waals surface area contributed by atoms with Crippen molar-refractivity contribution in [3.05, 3.63) is 35.4 Å². The Bertz CT molecular complexity index is 466. The largest absolute Gasteiger partial charge is 0.370 e. The summed E-state index contributed by atoms with van der Waals surface area (Å²) in [7, 11) is 2.08. The van der Waals surface area contributed by atoms with Crippen molar-refractivity contribution in [2.24, 2.45) is 10.7 Å².